The molecule has 4 nitrogen and oxygen atoms in total. The van der Waals surface area contributed by atoms with Gasteiger partial charge in [-0.3, -0.25) is 4.90 Å². The molecule has 124 valence electrons. The predicted octanol–water partition coefficient (Wildman–Crippen LogP) is 2.70. The summed E-state index contributed by atoms with van der Waals surface area (Å²) in [6, 6.07) is -0.0935. The zero-order valence-corrected chi connectivity index (χ0v) is 13.0. The summed E-state index contributed by atoms with van der Waals surface area (Å²) in [6.45, 7) is 6.73. The number of nitrogens with one attached hydrogen (secondary N) is 1. The van der Waals surface area contributed by atoms with Crippen LogP contribution in [0.5, 0.6) is 0 Å². The maximum absolute atomic E-state index is 12.4. The normalized spacial score (nSPS) is 19.5. The Bertz CT molecular complexity index is 334. The summed E-state index contributed by atoms with van der Waals surface area (Å²) in [6.07, 6.45) is -2.72. The first kappa shape index (κ1) is 18.1. The second-order valence-corrected chi connectivity index (χ2v) is 6.21. The van der Waals surface area contributed by atoms with E-state index in [1.54, 1.807) is 4.90 Å². The average molecular weight is 309 g/mol. The quantitative estimate of drug-likeness (QED) is 0.866. The second kappa shape index (κ2) is 7.87. The molecule has 7 heteroatoms. The minimum atomic E-state index is -4.18. The molecule has 0 spiro atoms. The van der Waals surface area contributed by atoms with Crippen molar-refractivity contribution in [2.45, 2.75) is 45.8 Å². The van der Waals surface area contributed by atoms with Crippen LogP contribution >= 0.6 is 0 Å². The van der Waals surface area contributed by atoms with Gasteiger partial charge in [-0.25, -0.2) is 4.79 Å². The first-order valence-corrected chi connectivity index (χ1v) is 7.52. The van der Waals surface area contributed by atoms with Crippen LogP contribution in [0.1, 0.15) is 33.6 Å². The van der Waals surface area contributed by atoms with Gasteiger partial charge >= 0.3 is 12.2 Å². The molecular weight excluding hydrogens is 283 g/mol. The molecule has 1 atom stereocenters. The van der Waals surface area contributed by atoms with Crippen LogP contribution in [0.4, 0.5) is 18.0 Å². The molecule has 0 aromatic carbocycles. The molecule has 1 saturated heterocycles. The number of urea groups is 1. The van der Waals surface area contributed by atoms with Crippen molar-refractivity contribution >= 4 is 6.03 Å². The Kier molecular flexibility index (Phi) is 6.77. The fourth-order valence-electron chi connectivity index (χ4n) is 2.65. The lowest BCUT2D eigenvalue weighted by Gasteiger charge is -2.25. The Morgan fingerprint density at radius 1 is 1.14 bits per heavy atom. The minimum absolute atomic E-state index is 0.0760. The molecule has 0 unspecified atom stereocenters. The van der Waals surface area contributed by atoms with Gasteiger partial charge in [0.2, 0.25) is 0 Å². The molecule has 0 radical (unpaired) electrons. The van der Waals surface area contributed by atoms with Crippen molar-refractivity contribution in [2.24, 2.45) is 5.92 Å². The third-order valence-corrected chi connectivity index (χ3v) is 3.47. The highest BCUT2D eigenvalue weighted by Crippen LogP contribution is 2.17. The molecule has 0 aliphatic carbocycles. The molecule has 1 aliphatic rings. The Morgan fingerprint density at radius 3 is 2.38 bits per heavy atom. The van der Waals surface area contributed by atoms with Crippen LogP contribution < -0.4 is 5.32 Å². The van der Waals surface area contributed by atoms with E-state index in [-0.39, 0.29) is 18.6 Å². The zero-order chi connectivity index (χ0) is 16.0. The first-order valence-electron chi connectivity index (χ1n) is 7.52. The van der Waals surface area contributed by atoms with E-state index < -0.39 is 12.7 Å². The SMILES string of the molecule is CC(C)C[C@@H](C)NC(=O)N1CCCN(CC(F)(F)F)CC1. The number of nitrogens with zero attached hydrogens (tertiary/aromatic N) is 2. The van der Waals surface area contributed by atoms with Crippen LogP contribution in [0, 0.1) is 5.92 Å². The van der Waals surface area contributed by atoms with Crippen LogP contribution in [0.25, 0.3) is 0 Å². The Morgan fingerprint density at radius 2 is 1.81 bits per heavy atom. The average Bonchev–Trinajstić information content (AvgIpc) is 2.51. The van der Waals surface area contributed by atoms with Gasteiger partial charge < -0.3 is 10.2 Å². The van der Waals surface area contributed by atoms with E-state index in [0.29, 0.717) is 32.0 Å². The van der Waals surface area contributed by atoms with Gasteiger partial charge in [-0.1, -0.05) is 13.8 Å². The molecule has 1 heterocycles. The zero-order valence-electron chi connectivity index (χ0n) is 13.0. The third-order valence-electron chi connectivity index (χ3n) is 3.47. The van der Waals surface area contributed by atoms with Crippen LogP contribution in [0.15, 0.2) is 0 Å². The maximum atomic E-state index is 12.4. The highest BCUT2D eigenvalue weighted by molar-refractivity contribution is 5.74. The molecule has 21 heavy (non-hydrogen) atoms. The van der Waals surface area contributed by atoms with E-state index in [1.165, 1.54) is 4.90 Å². The van der Waals surface area contributed by atoms with Gasteiger partial charge in [0.15, 0.2) is 0 Å². The monoisotopic (exact) mass is 309 g/mol. The minimum Gasteiger partial charge on any atom is -0.336 e. The molecule has 1 rings (SSSR count). The molecule has 1 fully saturated rings. The largest absolute Gasteiger partial charge is 0.401 e. The van der Waals surface area contributed by atoms with E-state index in [1.807, 2.05) is 6.92 Å². The highest BCUT2D eigenvalue weighted by atomic mass is 19.4. The lowest BCUT2D eigenvalue weighted by Crippen LogP contribution is -2.46. The maximum Gasteiger partial charge on any atom is 0.401 e. The van der Waals surface area contributed by atoms with E-state index in [9.17, 15) is 18.0 Å². The number of carbonyl (C=O) groups excluding carboxylic acids is 1. The van der Waals surface area contributed by atoms with Crippen LogP contribution in [0.2, 0.25) is 0 Å². The van der Waals surface area contributed by atoms with Crippen molar-refractivity contribution in [3.8, 4) is 0 Å². The molecule has 1 N–H and O–H groups in total. The smallest absolute Gasteiger partial charge is 0.336 e. The Labute approximate surface area is 124 Å². The van der Waals surface area contributed by atoms with Crippen molar-refractivity contribution < 1.29 is 18.0 Å². The summed E-state index contributed by atoms with van der Waals surface area (Å²) < 4.78 is 37.2. The summed E-state index contributed by atoms with van der Waals surface area (Å²) >= 11 is 0. The summed E-state index contributed by atoms with van der Waals surface area (Å²) in [5.74, 6) is 0.492. The number of alkyl halides is 3. The number of halogens is 3. The van der Waals surface area contributed by atoms with Gasteiger partial charge in [0.05, 0.1) is 6.54 Å². The van der Waals surface area contributed by atoms with Gasteiger partial charge in [0.25, 0.3) is 0 Å². The molecule has 0 bridgehead atoms. The summed E-state index contributed by atoms with van der Waals surface area (Å²) in [5.41, 5.74) is 0. The Balaban J connectivity index is 2.42. The van der Waals surface area contributed by atoms with Crippen molar-refractivity contribution in [1.29, 1.82) is 0 Å². The topological polar surface area (TPSA) is 35.6 Å². The first-order chi connectivity index (χ1) is 9.67. The number of hydrogen-bond acceptors (Lipinski definition) is 2. The molecule has 0 saturated carbocycles. The lowest BCUT2D eigenvalue weighted by molar-refractivity contribution is -0.145. The number of rotatable bonds is 4. The van der Waals surface area contributed by atoms with Crippen molar-refractivity contribution in [2.75, 3.05) is 32.7 Å². The van der Waals surface area contributed by atoms with Gasteiger partial charge in [-0.2, -0.15) is 13.2 Å². The second-order valence-electron chi connectivity index (χ2n) is 6.21. The van der Waals surface area contributed by atoms with Crippen LogP contribution in [0.3, 0.4) is 0 Å². The van der Waals surface area contributed by atoms with E-state index >= 15 is 0 Å². The van der Waals surface area contributed by atoms with Gasteiger partial charge in [0.1, 0.15) is 0 Å². The number of carbonyl (C=O) groups is 1. The predicted molar refractivity (Wildman–Crippen MR) is 76.1 cm³/mol. The van der Waals surface area contributed by atoms with Crippen LogP contribution in [-0.2, 0) is 0 Å². The van der Waals surface area contributed by atoms with Crippen molar-refractivity contribution in [3.05, 3.63) is 0 Å². The molecule has 0 aromatic rings. The highest BCUT2D eigenvalue weighted by Gasteiger charge is 2.31. The third kappa shape index (κ3) is 7.55. The fraction of sp³-hybridized carbons (Fsp3) is 0.929. The van der Waals surface area contributed by atoms with Crippen molar-refractivity contribution in [3.63, 3.8) is 0 Å². The fourth-order valence-corrected chi connectivity index (χ4v) is 2.65. The van der Waals surface area contributed by atoms with Crippen molar-refractivity contribution in [1.82, 2.24) is 15.1 Å². The van der Waals surface area contributed by atoms with Gasteiger partial charge in [0, 0.05) is 32.2 Å². The summed E-state index contributed by atoms with van der Waals surface area (Å²) in [7, 11) is 0. The number of hydrogen-bond donors (Lipinski definition) is 1. The molecule has 1 aliphatic heterocycles. The summed E-state index contributed by atoms with van der Waals surface area (Å²) in [5, 5.41) is 2.92. The summed E-state index contributed by atoms with van der Waals surface area (Å²) in [4.78, 5) is 15.1. The molecular formula is C14H26F3N3O. The van der Waals surface area contributed by atoms with E-state index in [2.05, 4.69) is 19.2 Å². The van der Waals surface area contributed by atoms with E-state index in [4.69, 9.17) is 0 Å². The van der Waals surface area contributed by atoms with Gasteiger partial charge in [-0.15, -0.1) is 0 Å². The standard InChI is InChI=1S/C14H26F3N3O/c1-11(2)9-12(3)18-13(21)20-6-4-5-19(7-8-20)10-14(15,16)17/h11-12H,4-10H2,1-3H3,(H,18,21)/t12-/m1/s1. The van der Waals surface area contributed by atoms with E-state index in [0.717, 1.165) is 6.42 Å². The number of amides is 2. The molecule has 0 aromatic heterocycles. The van der Waals surface area contributed by atoms with Crippen LogP contribution in [-0.4, -0.2) is 60.8 Å². The molecule has 2 amide bonds. The Hall–Kier alpha value is -0.980. The lowest BCUT2D eigenvalue weighted by atomic mass is 10.1. The van der Waals surface area contributed by atoms with Gasteiger partial charge in [-0.05, 0) is 25.7 Å².